The van der Waals surface area contributed by atoms with E-state index in [0.717, 1.165) is 43.4 Å². The van der Waals surface area contributed by atoms with Crippen molar-refractivity contribution in [1.29, 1.82) is 0 Å². The number of aliphatic hydroxyl groups is 1. The fourth-order valence-corrected chi connectivity index (χ4v) is 2.43. The van der Waals surface area contributed by atoms with E-state index in [4.69, 9.17) is 15.6 Å². The number of hydrogen-bond acceptors (Lipinski definition) is 5. The Balaban J connectivity index is 2.26. The molecule has 0 saturated carbocycles. The summed E-state index contributed by atoms with van der Waals surface area (Å²) in [5.41, 5.74) is 7.98. The standard InChI is InChI=1S/C12H22N4O2/c1-9-11(7-10(13)8-17)12(15(2)14-9)16-3-5-18-6-4-16/h10,17H,3-8,13H2,1-2H3. The Hall–Kier alpha value is -1.11. The summed E-state index contributed by atoms with van der Waals surface area (Å²) in [7, 11) is 1.95. The molecular formula is C12H22N4O2. The van der Waals surface area contributed by atoms with Gasteiger partial charge in [-0.05, 0) is 13.3 Å². The van der Waals surface area contributed by atoms with Crippen LogP contribution in [0.3, 0.4) is 0 Å². The van der Waals surface area contributed by atoms with E-state index in [1.807, 2.05) is 18.7 Å². The van der Waals surface area contributed by atoms with E-state index in [-0.39, 0.29) is 12.6 Å². The number of morpholine rings is 1. The number of nitrogens with zero attached hydrogens (tertiary/aromatic N) is 3. The summed E-state index contributed by atoms with van der Waals surface area (Å²) >= 11 is 0. The molecule has 1 saturated heterocycles. The van der Waals surface area contributed by atoms with Crippen molar-refractivity contribution in [2.24, 2.45) is 12.8 Å². The van der Waals surface area contributed by atoms with E-state index in [2.05, 4.69) is 10.00 Å². The molecule has 2 heterocycles. The molecule has 1 atom stereocenters. The highest BCUT2D eigenvalue weighted by Crippen LogP contribution is 2.25. The van der Waals surface area contributed by atoms with E-state index in [0.29, 0.717) is 6.42 Å². The van der Waals surface area contributed by atoms with Gasteiger partial charge in [-0.15, -0.1) is 0 Å². The lowest BCUT2D eigenvalue weighted by molar-refractivity contribution is 0.122. The number of ether oxygens (including phenoxy) is 1. The predicted octanol–water partition coefficient (Wildman–Crippen LogP) is -0.573. The molecule has 18 heavy (non-hydrogen) atoms. The average Bonchev–Trinajstić information content (AvgIpc) is 2.65. The highest BCUT2D eigenvalue weighted by atomic mass is 16.5. The SMILES string of the molecule is Cc1nn(C)c(N2CCOCC2)c1CC(N)CO. The van der Waals surface area contributed by atoms with Crippen LogP contribution in [0, 0.1) is 6.92 Å². The van der Waals surface area contributed by atoms with Crippen LogP contribution in [0.5, 0.6) is 0 Å². The summed E-state index contributed by atoms with van der Waals surface area (Å²) in [4.78, 5) is 2.28. The molecule has 6 heteroatoms. The molecule has 3 N–H and O–H groups in total. The zero-order valence-electron chi connectivity index (χ0n) is 11.1. The fraction of sp³-hybridized carbons (Fsp3) is 0.750. The molecule has 0 aromatic carbocycles. The Kier molecular flexibility index (Phi) is 4.21. The molecule has 0 amide bonds. The van der Waals surface area contributed by atoms with Gasteiger partial charge in [-0.2, -0.15) is 5.10 Å². The zero-order valence-corrected chi connectivity index (χ0v) is 11.1. The van der Waals surface area contributed by atoms with Gasteiger partial charge in [0.15, 0.2) is 0 Å². The normalized spacial score (nSPS) is 18.1. The first-order chi connectivity index (χ1) is 8.63. The van der Waals surface area contributed by atoms with Crippen molar-refractivity contribution in [2.75, 3.05) is 37.8 Å². The van der Waals surface area contributed by atoms with Gasteiger partial charge in [-0.1, -0.05) is 0 Å². The van der Waals surface area contributed by atoms with Crippen molar-refractivity contribution >= 4 is 5.82 Å². The van der Waals surface area contributed by atoms with Crippen molar-refractivity contribution in [3.63, 3.8) is 0 Å². The molecule has 1 aromatic rings. The maximum atomic E-state index is 9.11. The molecule has 0 aliphatic carbocycles. The molecule has 1 aliphatic heterocycles. The fourth-order valence-electron chi connectivity index (χ4n) is 2.43. The van der Waals surface area contributed by atoms with Gasteiger partial charge in [-0.3, -0.25) is 4.68 Å². The number of aromatic nitrogens is 2. The van der Waals surface area contributed by atoms with Gasteiger partial charge < -0.3 is 20.5 Å². The van der Waals surface area contributed by atoms with Crippen LogP contribution in [0.25, 0.3) is 0 Å². The number of hydrogen-bond donors (Lipinski definition) is 2. The Bertz CT molecular complexity index is 399. The monoisotopic (exact) mass is 254 g/mol. The van der Waals surface area contributed by atoms with Gasteiger partial charge in [0.05, 0.1) is 25.5 Å². The molecule has 1 aromatic heterocycles. The van der Waals surface area contributed by atoms with Crippen molar-refractivity contribution < 1.29 is 9.84 Å². The molecule has 1 fully saturated rings. The van der Waals surface area contributed by atoms with Gasteiger partial charge in [0.25, 0.3) is 0 Å². The third kappa shape index (κ3) is 2.66. The maximum Gasteiger partial charge on any atom is 0.130 e. The zero-order chi connectivity index (χ0) is 13.1. The predicted molar refractivity (Wildman–Crippen MR) is 69.7 cm³/mol. The van der Waals surface area contributed by atoms with Crippen LogP contribution in [-0.2, 0) is 18.2 Å². The number of nitrogens with two attached hydrogens (primary N) is 1. The number of anilines is 1. The first-order valence-electron chi connectivity index (χ1n) is 6.35. The van der Waals surface area contributed by atoms with Crippen molar-refractivity contribution in [3.05, 3.63) is 11.3 Å². The maximum absolute atomic E-state index is 9.11. The molecule has 102 valence electrons. The molecule has 1 unspecified atom stereocenters. The van der Waals surface area contributed by atoms with Crippen LogP contribution in [0.4, 0.5) is 5.82 Å². The van der Waals surface area contributed by atoms with Gasteiger partial charge in [0.2, 0.25) is 0 Å². The first kappa shape index (κ1) is 13.3. The third-order valence-corrected chi connectivity index (χ3v) is 3.32. The molecular weight excluding hydrogens is 232 g/mol. The second kappa shape index (κ2) is 5.69. The number of rotatable bonds is 4. The average molecular weight is 254 g/mol. The van der Waals surface area contributed by atoms with Crippen LogP contribution in [0.2, 0.25) is 0 Å². The van der Waals surface area contributed by atoms with Crippen LogP contribution < -0.4 is 10.6 Å². The highest BCUT2D eigenvalue weighted by Gasteiger charge is 2.22. The van der Waals surface area contributed by atoms with E-state index in [9.17, 15) is 0 Å². The van der Waals surface area contributed by atoms with Gasteiger partial charge >= 0.3 is 0 Å². The Morgan fingerprint density at radius 1 is 1.44 bits per heavy atom. The lowest BCUT2D eigenvalue weighted by Gasteiger charge is -2.30. The van der Waals surface area contributed by atoms with Gasteiger partial charge in [-0.25, -0.2) is 0 Å². The number of aryl methyl sites for hydroxylation is 2. The smallest absolute Gasteiger partial charge is 0.130 e. The van der Waals surface area contributed by atoms with Crippen molar-refractivity contribution in [3.8, 4) is 0 Å². The minimum atomic E-state index is -0.229. The third-order valence-electron chi connectivity index (χ3n) is 3.32. The summed E-state index contributed by atoms with van der Waals surface area (Å²) in [6, 6.07) is -0.229. The van der Waals surface area contributed by atoms with E-state index < -0.39 is 0 Å². The second-order valence-corrected chi connectivity index (χ2v) is 4.76. The van der Waals surface area contributed by atoms with E-state index >= 15 is 0 Å². The Labute approximate surface area is 107 Å². The Morgan fingerprint density at radius 3 is 2.72 bits per heavy atom. The molecule has 0 radical (unpaired) electrons. The van der Waals surface area contributed by atoms with E-state index in [1.165, 1.54) is 0 Å². The lowest BCUT2D eigenvalue weighted by Crippen LogP contribution is -2.38. The molecule has 6 nitrogen and oxygen atoms in total. The summed E-state index contributed by atoms with van der Waals surface area (Å²) in [6.07, 6.45) is 0.656. The lowest BCUT2D eigenvalue weighted by atomic mass is 10.1. The van der Waals surface area contributed by atoms with Crippen LogP contribution >= 0.6 is 0 Å². The topological polar surface area (TPSA) is 76.5 Å². The van der Waals surface area contributed by atoms with Crippen molar-refractivity contribution in [1.82, 2.24) is 9.78 Å². The summed E-state index contributed by atoms with van der Waals surface area (Å²) < 4.78 is 7.28. The highest BCUT2D eigenvalue weighted by molar-refractivity contribution is 5.51. The quantitative estimate of drug-likeness (QED) is 0.752. The largest absolute Gasteiger partial charge is 0.395 e. The number of aliphatic hydroxyl groups excluding tert-OH is 1. The van der Waals surface area contributed by atoms with Gasteiger partial charge in [0, 0.05) is 31.7 Å². The van der Waals surface area contributed by atoms with E-state index in [1.54, 1.807) is 0 Å². The Morgan fingerprint density at radius 2 is 2.11 bits per heavy atom. The van der Waals surface area contributed by atoms with Crippen LogP contribution in [0.1, 0.15) is 11.3 Å². The first-order valence-corrected chi connectivity index (χ1v) is 6.35. The van der Waals surface area contributed by atoms with Crippen LogP contribution in [0.15, 0.2) is 0 Å². The summed E-state index contributed by atoms with van der Waals surface area (Å²) in [5.74, 6) is 1.11. The van der Waals surface area contributed by atoms with Crippen LogP contribution in [-0.4, -0.2) is 53.8 Å². The second-order valence-electron chi connectivity index (χ2n) is 4.76. The molecule has 1 aliphatic rings. The minimum Gasteiger partial charge on any atom is -0.395 e. The van der Waals surface area contributed by atoms with Gasteiger partial charge in [0.1, 0.15) is 5.82 Å². The summed E-state index contributed by atoms with van der Waals surface area (Å²) in [5, 5.41) is 13.6. The molecule has 0 bridgehead atoms. The summed E-state index contributed by atoms with van der Waals surface area (Å²) in [6.45, 7) is 5.23. The molecule has 2 rings (SSSR count). The minimum absolute atomic E-state index is 0.00309. The van der Waals surface area contributed by atoms with Crippen molar-refractivity contribution in [2.45, 2.75) is 19.4 Å². The molecule has 0 spiro atoms.